The van der Waals surface area contributed by atoms with Crippen LogP contribution < -0.4 is 15.0 Å². The SMILES string of the molecule is COc1nc(N[C@@H]2CCN(C(=O)c3ccc(N4C(=O)C=CC4=O)cc3)C2)ncc1Cl. The summed E-state index contributed by atoms with van der Waals surface area (Å²) >= 11 is 5.94. The van der Waals surface area contributed by atoms with Gasteiger partial charge in [0.25, 0.3) is 17.7 Å². The Morgan fingerprint density at radius 2 is 1.90 bits per heavy atom. The number of nitrogens with one attached hydrogen (secondary N) is 1. The number of halogens is 1. The van der Waals surface area contributed by atoms with E-state index in [4.69, 9.17) is 16.3 Å². The zero-order valence-electron chi connectivity index (χ0n) is 16.0. The molecule has 0 saturated carbocycles. The Hall–Kier alpha value is -3.46. The highest BCUT2D eigenvalue weighted by Crippen LogP contribution is 2.24. The summed E-state index contributed by atoms with van der Waals surface area (Å²) in [5, 5.41) is 3.51. The Morgan fingerprint density at radius 1 is 1.20 bits per heavy atom. The van der Waals surface area contributed by atoms with E-state index in [0.717, 1.165) is 11.3 Å². The number of aromatic nitrogens is 2. The Kier molecular flexibility index (Phi) is 5.37. The lowest BCUT2D eigenvalue weighted by Crippen LogP contribution is -2.32. The Labute approximate surface area is 177 Å². The normalized spacial score (nSPS) is 18.3. The number of rotatable bonds is 5. The number of imide groups is 1. The first-order valence-electron chi connectivity index (χ1n) is 9.25. The van der Waals surface area contributed by atoms with Gasteiger partial charge in [0.2, 0.25) is 11.8 Å². The molecule has 0 radical (unpaired) electrons. The second-order valence-electron chi connectivity index (χ2n) is 6.82. The highest BCUT2D eigenvalue weighted by Gasteiger charge is 2.29. The minimum atomic E-state index is -0.395. The molecule has 0 spiro atoms. The fourth-order valence-corrected chi connectivity index (χ4v) is 3.57. The van der Waals surface area contributed by atoms with Crippen LogP contribution in [0.3, 0.4) is 0 Å². The summed E-state index contributed by atoms with van der Waals surface area (Å²) in [6.45, 7) is 1.07. The van der Waals surface area contributed by atoms with E-state index in [-0.39, 0.29) is 17.8 Å². The fourth-order valence-electron chi connectivity index (χ4n) is 3.40. The first-order valence-corrected chi connectivity index (χ1v) is 9.62. The molecule has 0 aliphatic carbocycles. The second-order valence-corrected chi connectivity index (χ2v) is 7.23. The number of nitrogens with zero attached hydrogens (tertiary/aromatic N) is 4. The molecule has 3 amide bonds. The van der Waals surface area contributed by atoms with Gasteiger partial charge < -0.3 is 15.0 Å². The van der Waals surface area contributed by atoms with Crippen molar-refractivity contribution in [3.05, 3.63) is 53.2 Å². The number of anilines is 2. The van der Waals surface area contributed by atoms with Gasteiger partial charge in [-0.15, -0.1) is 0 Å². The quantitative estimate of drug-likeness (QED) is 0.726. The Balaban J connectivity index is 1.39. The highest BCUT2D eigenvalue weighted by atomic mass is 35.5. The molecule has 154 valence electrons. The summed E-state index contributed by atoms with van der Waals surface area (Å²) in [6.07, 6.45) is 4.64. The van der Waals surface area contributed by atoms with Crippen LogP contribution in [0.15, 0.2) is 42.6 Å². The summed E-state index contributed by atoms with van der Waals surface area (Å²) < 4.78 is 5.09. The largest absolute Gasteiger partial charge is 0.480 e. The van der Waals surface area contributed by atoms with Crippen LogP contribution in [0, 0.1) is 0 Å². The van der Waals surface area contributed by atoms with E-state index in [1.54, 1.807) is 29.2 Å². The monoisotopic (exact) mass is 427 g/mol. The van der Waals surface area contributed by atoms with Gasteiger partial charge in [0.05, 0.1) is 19.0 Å². The molecule has 3 heterocycles. The van der Waals surface area contributed by atoms with Gasteiger partial charge in [0.1, 0.15) is 5.02 Å². The number of amides is 3. The number of hydrogen-bond donors (Lipinski definition) is 1. The van der Waals surface area contributed by atoms with Crippen LogP contribution in [-0.4, -0.2) is 58.8 Å². The van der Waals surface area contributed by atoms with Crippen molar-refractivity contribution < 1.29 is 19.1 Å². The fraction of sp³-hybridized carbons (Fsp3) is 0.250. The van der Waals surface area contributed by atoms with Crippen molar-refractivity contribution in [3.8, 4) is 5.88 Å². The van der Waals surface area contributed by atoms with Crippen molar-refractivity contribution in [3.63, 3.8) is 0 Å². The molecule has 1 N–H and O–H groups in total. The van der Waals surface area contributed by atoms with Gasteiger partial charge in [0, 0.05) is 36.8 Å². The van der Waals surface area contributed by atoms with Crippen molar-refractivity contribution in [2.75, 3.05) is 30.4 Å². The summed E-state index contributed by atoms with van der Waals surface area (Å²) in [6, 6.07) is 6.41. The molecule has 9 nitrogen and oxygen atoms in total. The molecule has 4 rings (SSSR count). The molecule has 0 unspecified atom stereocenters. The molecule has 2 aliphatic heterocycles. The van der Waals surface area contributed by atoms with Crippen molar-refractivity contribution in [1.29, 1.82) is 0 Å². The lowest BCUT2D eigenvalue weighted by molar-refractivity contribution is -0.119. The minimum absolute atomic E-state index is 0.00924. The first-order chi connectivity index (χ1) is 14.5. The molecule has 0 bridgehead atoms. The first kappa shape index (κ1) is 19.8. The number of benzene rings is 1. The minimum Gasteiger partial charge on any atom is -0.480 e. The van der Waals surface area contributed by atoms with Gasteiger partial charge in [-0.1, -0.05) is 11.6 Å². The van der Waals surface area contributed by atoms with E-state index in [1.807, 2.05) is 0 Å². The average molecular weight is 428 g/mol. The molecule has 1 atom stereocenters. The van der Waals surface area contributed by atoms with E-state index in [2.05, 4.69) is 15.3 Å². The number of ether oxygens (including phenoxy) is 1. The smallest absolute Gasteiger partial charge is 0.258 e. The van der Waals surface area contributed by atoms with E-state index >= 15 is 0 Å². The maximum atomic E-state index is 12.8. The van der Waals surface area contributed by atoms with Crippen molar-refractivity contribution >= 4 is 41.0 Å². The number of likely N-dealkylation sites (tertiary alicyclic amines) is 1. The maximum Gasteiger partial charge on any atom is 0.258 e. The molecule has 1 fully saturated rings. The van der Waals surface area contributed by atoms with Gasteiger partial charge in [0.15, 0.2) is 0 Å². The topological polar surface area (TPSA) is 105 Å². The number of methoxy groups -OCH3 is 1. The Morgan fingerprint density at radius 3 is 2.57 bits per heavy atom. The van der Waals surface area contributed by atoms with Crippen molar-refractivity contribution in [2.45, 2.75) is 12.5 Å². The molecule has 2 aromatic rings. The van der Waals surface area contributed by atoms with Crippen LogP contribution in [0.2, 0.25) is 5.02 Å². The lowest BCUT2D eigenvalue weighted by Gasteiger charge is -2.18. The molecule has 1 aromatic carbocycles. The molecule has 30 heavy (non-hydrogen) atoms. The molecule has 10 heteroatoms. The van der Waals surface area contributed by atoms with E-state index in [1.165, 1.54) is 25.5 Å². The third kappa shape index (κ3) is 3.84. The third-order valence-electron chi connectivity index (χ3n) is 4.90. The van der Waals surface area contributed by atoms with Gasteiger partial charge in [-0.3, -0.25) is 14.4 Å². The van der Waals surface area contributed by atoms with E-state index in [0.29, 0.717) is 35.3 Å². The molecular weight excluding hydrogens is 410 g/mol. The van der Waals surface area contributed by atoms with E-state index in [9.17, 15) is 14.4 Å². The van der Waals surface area contributed by atoms with Crippen molar-refractivity contribution in [2.24, 2.45) is 0 Å². The molecule has 1 saturated heterocycles. The predicted octanol–water partition coefficient (Wildman–Crippen LogP) is 1.89. The molecular formula is C20H18ClN5O4. The average Bonchev–Trinajstić information content (AvgIpc) is 3.35. The molecule has 2 aliphatic rings. The molecule has 1 aromatic heterocycles. The van der Waals surface area contributed by atoms with Gasteiger partial charge in [-0.2, -0.15) is 4.98 Å². The summed E-state index contributed by atoms with van der Waals surface area (Å²) in [7, 11) is 1.48. The third-order valence-corrected chi connectivity index (χ3v) is 5.15. The van der Waals surface area contributed by atoms with Crippen LogP contribution in [0.1, 0.15) is 16.8 Å². The maximum absolute atomic E-state index is 12.8. The zero-order valence-corrected chi connectivity index (χ0v) is 16.8. The summed E-state index contributed by atoms with van der Waals surface area (Å²) in [5.41, 5.74) is 0.914. The van der Waals surface area contributed by atoms with E-state index < -0.39 is 11.8 Å². The standard InChI is InChI=1S/C20H18ClN5O4/c1-30-18-15(21)10-22-20(24-18)23-13-8-9-25(11-13)19(29)12-2-4-14(5-3-12)26-16(27)6-7-17(26)28/h2-7,10,13H,8-9,11H2,1H3,(H,22,23,24)/t13-/m1/s1. The van der Waals surface area contributed by atoms with Gasteiger partial charge in [-0.25, -0.2) is 9.88 Å². The number of hydrogen-bond acceptors (Lipinski definition) is 7. The summed E-state index contributed by atoms with van der Waals surface area (Å²) in [5.74, 6) is -0.251. The van der Waals surface area contributed by atoms with Crippen molar-refractivity contribution in [1.82, 2.24) is 14.9 Å². The second kappa shape index (κ2) is 8.11. The zero-order chi connectivity index (χ0) is 21.3. The lowest BCUT2D eigenvalue weighted by atomic mass is 10.1. The van der Waals surface area contributed by atoms with Crippen LogP contribution >= 0.6 is 11.6 Å². The number of carbonyl (C=O) groups excluding carboxylic acids is 3. The predicted molar refractivity (Wildman–Crippen MR) is 110 cm³/mol. The van der Waals surface area contributed by atoms with Crippen LogP contribution in [-0.2, 0) is 9.59 Å². The van der Waals surface area contributed by atoms with Gasteiger partial charge in [-0.05, 0) is 30.7 Å². The van der Waals surface area contributed by atoms with Crippen LogP contribution in [0.25, 0.3) is 0 Å². The number of carbonyl (C=O) groups is 3. The van der Waals surface area contributed by atoms with Gasteiger partial charge >= 0.3 is 0 Å². The van der Waals surface area contributed by atoms with Crippen LogP contribution in [0.4, 0.5) is 11.6 Å². The summed E-state index contributed by atoms with van der Waals surface area (Å²) in [4.78, 5) is 47.5. The van der Waals surface area contributed by atoms with Crippen LogP contribution in [0.5, 0.6) is 5.88 Å². The highest BCUT2D eigenvalue weighted by molar-refractivity contribution is 6.31. The Bertz CT molecular complexity index is 1020.